The fraction of sp³-hybridized carbons (Fsp3) is 0.211. The van der Waals surface area contributed by atoms with E-state index in [1.165, 1.54) is 7.11 Å². The van der Waals surface area contributed by atoms with E-state index in [2.05, 4.69) is 0 Å². The smallest absolute Gasteiger partial charge is 0.334 e. The molecule has 0 aliphatic carbocycles. The summed E-state index contributed by atoms with van der Waals surface area (Å²) in [5.74, 6) is 0.223. The summed E-state index contributed by atoms with van der Waals surface area (Å²) in [6, 6.07) is 14.7. The number of rotatable bonds is 7. The van der Waals surface area contributed by atoms with Crippen LogP contribution in [0.3, 0.4) is 0 Å². The summed E-state index contributed by atoms with van der Waals surface area (Å²) in [4.78, 5) is 11.4. The van der Waals surface area contributed by atoms with Crippen molar-refractivity contribution < 1.29 is 24.1 Å². The van der Waals surface area contributed by atoms with E-state index in [9.17, 15) is 9.90 Å². The molecule has 126 valence electrons. The number of benzene rings is 2. The molecule has 2 rings (SSSR count). The van der Waals surface area contributed by atoms with E-state index < -0.39 is 5.97 Å². The lowest BCUT2D eigenvalue weighted by molar-refractivity contribution is -0.137. The van der Waals surface area contributed by atoms with Crippen molar-refractivity contribution in [1.82, 2.24) is 0 Å². The van der Waals surface area contributed by atoms with Crippen LogP contribution >= 0.6 is 0 Å². The first-order valence-electron chi connectivity index (χ1n) is 7.56. The number of esters is 1. The lowest BCUT2D eigenvalue weighted by atomic mass is 10.1. The van der Waals surface area contributed by atoms with Gasteiger partial charge in [0.15, 0.2) is 11.5 Å². The highest BCUT2D eigenvalue weighted by atomic mass is 16.5. The van der Waals surface area contributed by atoms with Gasteiger partial charge in [0, 0.05) is 5.56 Å². The van der Waals surface area contributed by atoms with Crippen LogP contribution in [0, 0.1) is 0 Å². The second kappa shape index (κ2) is 8.62. The van der Waals surface area contributed by atoms with Gasteiger partial charge in [0.2, 0.25) is 0 Å². The highest BCUT2D eigenvalue weighted by molar-refractivity contribution is 5.89. The van der Waals surface area contributed by atoms with Crippen molar-refractivity contribution in [2.24, 2.45) is 0 Å². The number of hydrogen-bond acceptors (Lipinski definition) is 5. The molecule has 0 saturated heterocycles. The number of hydrogen-bond donors (Lipinski definition) is 1. The van der Waals surface area contributed by atoms with Crippen LogP contribution in [0.1, 0.15) is 18.1 Å². The van der Waals surface area contributed by atoms with Gasteiger partial charge in [0.05, 0.1) is 19.8 Å². The van der Waals surface area contributed by atoms with Gasteiger partial charge in [-0.05, 0) is 30.7 Å². The van der Waals surface area contributed by atoms with E-state index in [1.807, 2.05) is 30.3 Å². The first kappa shape index (κ1) is 17.4. The molecule has 5 nitrogen and oxygen atoms in total. The standard InChI is InChI=1S/C19H20O5/c1-3-23-19(21)12-16(20)15-9-10-17(18(11-15)22-2)24-13-14-7-5-4-6-8-14/h4-12,20H,3,13H2,1-2H3/b16-12+. The minimum Gasteiger partial charge on any atom is -0.507 e. The predicted octanol–water partition coefficient (Wildman–Crippen LogP) is 3.74. The van der Waals surface area contributed by atoms with Gasteiger partial charge in [0.1, 0.15) is 12.4 Å². The van der Waals surface area contributed by atoms with Crippen LogP contribution in [0.4, 0.5) is 0 Å². The molecular formula is C19H20O5. The molecule has 0 fully saturated rings. The quantitative estimate of drug-likeness (QED) is 0.476. The minimum absolute atomic E-state index is 0.193. The van der Waals surface area contributed by atoms with Crippen LogP contribution < -0.4 is 9.47 Å². The molecule has 0 unspecified atom stereocenters. The van der Waals surface area contributed by atoms with Gasteiger partial charge in [0.25, 0.3) is 0 Å². The number of carbonyl (C=O) groups excluding carboxylic acids is 1. The first-order valence-corrected chi connectivity index (χ1v) is 7.56. The maximum atomic E-state index is 11.4. The van der Waals surface area contributed by atoms with Crippen LogP contribution in [-0.2, 0) is 16.1 Å². The Hall–Kier alpha value is -2.95. The van der Waals surface area contributed by atoms with E-state index in [-0.39, 0.29) is 12.4 Å². The molecule has 2 aromatic carbocycles. The molecule has 5 heteroatoms. The third kappa shape index (κ3) is 4.78. The van der Waals surface area contributed by atoms with E-state index in [4.69, 9.17) is 14.2 Å². The Morgan fingerprint density at radius 1 is 1.12 bits per heavy atom. The van der Waals surface area contributed by atoms with Crippen LogP contribution in [0.2, 0.25) is 0 Å². The number of aliphatic hydroxyl groups excluding tert-OH is 1. The molecule has 0 spiro atoms. The van der Waals surface area contributed by atoms with Gasteiger partial charge in [-0.15, -0.1) is 0 Å². The Balaban J connectivity index is 2.13. The van der Waals surface area contributed by atoms with E-state index in [0.717, 1.165) is 11.6 Å². The number of ether oxygens (including phenoxy) is 3. The Bertz CT molecular complexity index is 707. The molecule has 0 aromatic heterocycles. The average Bonchev–Trinajstić information content (AvgIpc) is 2.60. The Labute approximate surface area is 141 Å². The molecule has 0 bridgehead atoms. The van der Waals surface area contributed by atoms with Crippen molar-refractivity contribution in [3.63, 3.8) is 0 Å². The Morgan fingerprint density at radius 2 is 1.88 bits per heavy atom. The summed E-state index contributed by atoms with van der Waals surface area (Å²) in [7, 11) is 1.51. The van der Waals surface area contributed by atoms with Gasteiger partial charge in [-0.1, -0.05) is 30.3 Å². The van der Waals surface area contributed by atoms with Crippen molar-refractivity contribution in [2.45, 2.75) is 13.5 Å². The average molecular weight is 328 g/mol. The summed E-state index contributed by atoms with van der Waals surface area (Å²) in [5, 5.41) is 10.0. The fourth-order valence-electron chi connectivity index (χ4n) is 2.06. The van der Waals surface area contributed by atoms with Crippen molar-refractivity contribution >= 4 is 11.7 Å². The zero-order chi connectivity index (χ0) is 17.4. The number of methoxy groups -OCH3 is 1. The second-order valence-electron chi connectivity index (χ2n) is 4.92. The molecular weight excluding hydrogens is 308 g/mol. The number of carbonyl (C=O) groups is 1. The third-order valence-corrected chi connectivity index (χ3v) is 3.24. The van der Waals surface area contributed by atoms with Crippen LogP contribution in [0.25, 0.3) is 5.76 Å². The minimum atomic E-state index is -0.599. The Morgan fingerprint density at radius 3 is 2.54 bits per heavy atom. The van der Waals surface area contributed by atoms with Crippen LogP contribution in [0.15, 0.2) is 54.6 Å². The molecule has 0 aliphatic rings. The molecule has 24 heavy (non-hydrogen) atoms. The molecule has 2 aromatic rings. The van der Waals surface area contributed by atoms with Gasteiger partial charge in [-0.3, -0.25) is 0 Å². The summed E-state index contributed by atoms with van der Waals surface area (Å²) < 4.78 is 15.8. The molecule has 0 heterocycles. The van der Waals surface area contributed by atoms with Crippen molar-refractivity contribution in [2.75, 3.05) is 13.7 Å². The maximum Gasteiger partial charge on any atom is 0.334 e. The zero-order valence-corrected chi connectivity index (χ0v) is 13.7. The third-order valence-electron chi connectivity index (χ3n) is 3.24. The highest BCUT2D eigenvalue weighted by Crippen LogP contribution is 2.30. The predicted molar refractivity (Wildman–Crippen MR) is 91.0 cm³/mol. The lowest BCUT2D eigenvalue weighted by Gasteiger charge is -2.12. The van der Waals surface area contributed by atoms with Crippen LogP contribution in [0.5, 0.6) is 11.5 Å². The first-order chi connectivity index (χ1) is 11.6. The summed E-state index contributed by atoms with van der Waals surface area (Å²) in [5.41, 5.74) is 1.47. The van der Waals surface area contributed by atoms with Gasteiger partial charge < -0.3 is 19.3 Å². The zero-order valence-electron chi connectivity index (χ0n) is 13.7. The normalized spacial score (nSPS) is 11.0. The molecule has 0 amide bonds. The highest BCUT2D eigenvalue weighted by Gasteiger charge is 2.10. The second-order valence-corrected chi connectivity index (χ2v) is 4.92. The number of aliphatic hydroxyl groups is 1. The summed E-state index contributed by atoms with van der Waals surface area (Å²) >= 11 is 0. The van der Waals surface area contributed by atoms with Gasteiger partial charge in [-0.25, -0.2) is 4.79 Å². The van der Waals surface area contributed by atoms with Crippen LogP contribution in [-0.4, -0.2) is 24.8 Å². The largest absolute Gasteiger partial charge is 0.507 e. The Kier molecular flexibility index (Phi) is 6.25. The maximum absolute atomic E-state index is 11.4. The van der Waals surface area contributed by atoms with Crippen molar-refractivity contribution in [3.05, 3.63) is 65.7 Å². The van der Waals surface area contributed by atoms with E-state index in [1.54, 1.807) is 25.1 Å². The van der Waals surface area contributed by atoms with E-state index >= 15 is 0 Å². The van der Waals surface area contributed by atoms with Gasteiger partial charge >= 0.3 is 5.97 Å². The molecule has 1 N–H and O–H groups in total. The fourth-order valence-corrected chi connectivity index (χ4v) is 2.06. The van der Waals surface area contributed by atoms with Crippen molar-refractivity contribution in [1.29, 1.82) is 0 Å². The molecule has 0 atom stereocenters. The lowest BCUT2D eigenvalue weighted by Crippen LogP contribution is -2.01. The molecule has 0 radical (unpaired) electrons. The van der Waals surface area contributed by atoms with Gasteiger partial charge in [-0.2, -0.15) is 0 Å². The SMILES string of the molecule is CCOC(=O)/C=C(/O)c1ccc(OCc2ccccc2)c(OC)c1. The van der Waals surface area contributed by atoms with Crippen molar-refractivity contribution in [3.8, 4) is 11.5 Å². The van der Waals surface area contributed by atoms with E-state index in [0.29, 0.717) is 23.7 Å². The summed E-state index contributed by atoms with van der Waals surface area (Å²) in [6.07, 6.45) is 1.03. The summed E-state index contributed by atoms with van der Waals surface area (Å²) in [6.45, 7) is 2.35. The monoisotopic (exact) mass is 328 g/mol. The molecule has 0 aliphatic heterocycles. The topological polar surface area (TPSA) is 65.0 Å². The molecule has 0 saturated carbocycles.